The van der Waals surface area contributed by atoms with Crippen molar-refractivity contribution in [3.05, 3.63) is 28.5 Å². The second-order valence-electron chi connectivity index (χ2n) is 3.90. The Labute approximate surface area is 98.0 Å². The summed E-state index contributed by atoms with van der Waals surface area (Å²) in [4.78, 5) is 4.13. The molecule has 1 aromatic heterocycles. The van der Waals surface area contributed by atoms with Crippen molar-refractivity contribution in [3.8, 4) is 0 Å². The van der Waals surface area contributed by atoms with Crippen LogP contribution in [-0.4, -0.2) is 10.4 Å². The van der Waals surface area contributed by atoms with Crippen LogP contribution in [0.15, 0.2) is 22.9 Å². The van der Waals surface area contributed by atoms with E-state index >= 15 is 0 Å². The molecule has 0 aromatic carbocycles. The highest BCUT2D eigenvalue weighted by Crippen LogP contribution is 2.37. The zero-order chi connectivity index (χ0) is 9.97. The van der Waals surface area contributed by atoms with Crippen LogP contribution in [0.5, 0.6) is 0 Å². The number of alkyl halides is 1. The smallest absolute Gasteiger partial charge is 0.0410 e. The third kappa shape index (κ3) is 2.96. The Bertz CT molecular complexity index is 312. The van der Waals surface area contributed by atoms with Crippen molar-refractivity contribution in [2.75, 3.05) is 0 Å². The fourth-order valence-electron chi connectivity index (χ4n) is 1.59. The molecule has 1 atom stereocenters. The number of aryl methyl sites for hydroxylation is 1. The van der Waals surface area contributed by atoms with E-state index in [4.69, 9.17) is 11.6 Å². The highest BCUT2D eigenvalue weighted by Gasteiger charge is 2.29. The molecule has 3 heteroatoms. The fourth-order valence-corrected chi connectivity index (χ4v) is 2.36. The van der Waals surface area contributed by atoms with Gasteiger partial charge in [0.05, 0.1) is 0 Å². The summed E-state index contributed by atoms with van der Waals surface area (Å²) in [6.45, 7) is 0. The number of halogens is 2. The van der Waals surface area contributed by atoms with Crippen LogP contribution in [-0.2, 0) is 6.42 Å². The maximum absolute atomic E-state index is 6.24. The summed E-state index contributed by atoms with van der Waals surface area (Å²) in [7, 11) is 0. The maximum Gasteiger partial charge on any atom is 0.0410 e. The maximum atomic E-state index is 6.24. The normalized spacial score (nSPS) is 18.1. The Morgan fingerprint density at radius 3 is 2.93 bits per heavy atom. The van der Waals surface area contributed by atoms with Gasteiger partial charge in [-0.25, -0.2) is 0 Å². The minimum absolute atomic E-state index is 0.369. The molecule has 14 heavy (non-hydrogen) atoms. The van der Waals surface area contributed by atoms with Gasteiger partial charge in [-0.1, -0.05) is 0 Å². The molecule has 1 fully saturated rings. The number of pyridine rings is 1. The Balaban J connectivity index is 1.84. The van der Waals surface area contributed by atoms with Crippen LogP contribution in [0, 0.1) is 5.92 Å². The molecule has 76 valence electrons. The largest absolute Gasteiger partial charge is 0.263 e. The second kappa shape index (κ2) is 4.63. The number of hydrogen-bond donors (Lipinski definition) is 0. The summed E-state index contributed by atoms with van der Waals surface area (Å²) in [6, 6.07) is 2.11. The predicted octanol–water partition coefficient (Wildman–Crippen LogP) is 3.79. The quantitative estimate of drug-likeness (QED) is 0.761. The van der Waals surface area contributed by atoms with E-state index in [0.29, 0.717) is 5.38 Å². The van der Waals surface area contributed by atoms with Gasteiger partial charge in [0.25, 0.3) is 0 Å². The molecule has 0 amide bonds. The van der Waals surface area contributed by atoms with Crippen molar-refractivity contribution >= 4 is 27.5 Å². The van der Waals surface area contributed by atoms with Crippen molar-refractivity contribution in [2.45, 2.75) is 31.1 Å². The molecule has 2 rings (SSSR count). The average Bonchev–Trinajstić information content (AvgIpc) is 2.97. The van der Waals surface area contributed by atoms with Crippen molar-refractivity contribution in [2.24, 2.45) is 5.92 Å². The van der Waals surface area contributed by atoms with Crippen LogP contribution in [0.25, 0.3) is 0 Å². The van der Waals surface area contributed by atoms with Gasteiger partial charge >= 0.3 is 0 Å². The molecule has 1 aromatic rings. The van der Waals surface area contributed by atoms with Crippen LogP contribution in [0.3, 0.4) is 0 Å². The molecule has 1 aliphatic carbocycles. The summed E-state index contributed by atoms with van der Waals surface area (Å²) in [5.74, 6) is 0.789. The van der Waals surface area contributed by atoms with Crippen LogP contribution in [0.1, 0.15) is 24.8 Å². The molecular formula is C11H13BrClN. The number of rotatable bonds is 4. The van der Waals surface area contributed by atoms with E-state index in [1.807, 2.05) is 12.4 Å². The van der Waals surface area contributed by atoms with Crippen LogP contribution >= 0.6 is 27.5 Å². The summed E-state index contributed by atoms with van der Waals surface area (Å²) in [5, 5.41) is 0.369. The monoisotopic (exact) mass is 273 g/mol. The van der Waals surface area contributed by atoms with Crippen molar-refractivity contribution < 1.29 is 0 Å². The van der Waals surface area contributed by atoms with Crippen molar-refractivity contribution in [3.63, 3.8) is 0 Å². The Hall–Kier alpha value is -0.0800. The topological polar surface area (TPSA) is 12.9 Å². The lowest BCUT2D eigenvalue weighted by Gasteiger charge is -2.07. The van der Waals surface area contributed by atoms with Gasteiger partial charge in [0.1, 0.15) is 0 Å². The molecule has 1 aliphatic rings. The van der Waals surface area contributed by atoms with Gasteiger partial charge in [-0.2, -0.15) is 0 Å². The minimum atomic E-state index is 0.369. The Kier molecular flexibility index (Phi) is 3.45. The zero-order valence-corrected chi connectivity index (χ0v) is 10.3. The lowest BCUT2D eigenvalue weighted by atomic mass is 10.1. The van der Waals surface area contributed by atoms with Gasteiger partial charge in [-0.15, -0.1) is 11.6 Å². The standard InChI is InChI=1S/C11H13BrClN/c12-10-5-8(6-14-7-10)1-4-11(13)9-2-3-9/h5-7,9,11H,1-4H2. The van der Waals surface area contributed by atoms with E-state index in [2.05, 4.69) is 27.0 Å². The summed E-state index contributed by atoms with van der Waals surface area (Å²) < 4.78 is 1.05. The lowest BCUT2D eigenvalue weighted by Crippen LogP contribution is -2.03. The van der Waals surface area contributed by atoms with Gasteiger partial charge in [-0.3, -0.25) is 4.98 Å². The van der Waals surface area contributed by atoms with E-state index in [0.717, 1.165) is 23.2 Å². The minimum Gasteiger partial charge on any atom is -0.263 e. The van der Waals surface area contributed by atoms with E-state index < -0.39 is 0 Å². The second-order valence-corrected chi connectivity index (χ2v) is 5.38. The highest BCUT2D eigenvalue weighted by atomic mass is 79.9. The number of aromatic nitrogens is 1. The van der Waals surface area contributed by atoms with E-state index in [9.17, 15) is 0 Å². The fraction of sp³-hybridized carbons (Fsp3) is 0.545. The van der Waals surface area contributed by atoms with E-state index in [1.54, 1.807) is 0 Å². The predicted molar refractivity (Wildman–Crippen MR) is 62.6 cm³/mol. The molecular weight excluding hydrogens is 261 g/mol. The molecule has 0 aliphatic heterocycles. The van der Waals surface area contributed by atoms with Gasteiger partial charge in [-0.05, 0) is 59.2 Å². The first-order valence-corrected chi connectivity index (χ1v) is 6.22. The molecule has 0 radical (unpaired) electrons. The van der Waals surface area contributed by atoms with Crippen LogP contribution in [0.2, 0.25) is 0 Å². The molecule has 1 unspecified atom stereocenters. The molecule has 0 bridgehead atoms. The van der Waals surface area contributed by atoms with E-state index in [-0.39, 0.29) is 0 Å². The third-order valence-electron chi connectivity index (χ3n) is 2.60. The first-order valence-electron chi connectivity index (χ1n) is 4.99. The molecule has 1 saturated carbocycles. The van der Waals surface area contributed by atoms with Gasteiger partial charge in [0.2, 0.25) is 0 Å². The van der Waals surface area contributed by atoms with Crippen LogP contribution in [0.4, 0.5) is 0 Å². The third-order valence-corrected chi connectivity index (χ3v) is 3.61. The van der Waals surface area contributed by atoms with Gasteiger partial charge in [0.15, 0.2) is 0 Å². The summed E-state index contributed by atoms with van der Waals surface area (Å²) in [5.41, 5.74) is 1.27. The van der Waals surface area contributed by atoms with Gasteiger partial charge < -0.3 is 0 Å². The number of nitrogens with zero attached hydrogens (tertiary/aromatic N) is 1. The summed E-state index contributed by atoms with van der Waals surface area (Å²) in [6.07, 6.45) is 8.49. The zero-order valence-electron chi connectivity index (χ0n) is 7.92. The Morgan fingerprint density at radius 2 is 2.29 bits per heavy atom. The average molecular weight is 275 g/mol. The molecule has 1 heterocycles. The van der Waals surface area contributed by atoms with Gasteiger partial charge in [0, 0.05) is 22.2 Å². The number of hydrogen-bond acceptors (Lipinski definition) is 1. The Morgan fingerprint density at radius 1 is 1.50 bits per heavy atom. The first kappa shape index (κ1) is 10.4. The SMILES string of the molecule is ClC(CCc1cncc(Br)c1)C1CC1. The highest BCUT2D eigenvalue weighted by molar-refractivity contribution is 9.10. The summed E-state index contributed by atoms with van der Waals surface area (Å²) >= 11 is 9.65. The molecule has 0 N–H and O–H groups in total. The van der Waals surface area contributed by atoms with Crippen molar-refractivity contribution in [1.82, 2.24) is 4.98 Å². The first-order chi connectivity index (χ1) is 6.75. The van der Waals surface area contributed by atoms with Crippen molar-refractivity contribution in [1.29, 1.82) is 0 Å². The molecule has 0 spiro atoms. The van der Waals surface area contributed by atoms with Crippen LogP contribution < -0.4 is 0 Å². The molecule has 1 nitrogen and oxygen atoms in total. The van der Waals surface area contributed by atoms with E-state index in [1.165, 1.54) is 18.4 Å². The molecule has 0 saturated heterocycles. The lowest BCUT2D eigenvalue weighted by molar-refractivity contribution is 0.675.